The maximum atomic E-state index is 11.4. The van der Waals surface area contributed by atoms with E-state index < -0.39 is 18.2 Å². The van der Waals surface area contributed by atoms with E-state index in [-0.39, 0.29) is 5.76 Å². The van der Waals surface area contributed by atoms with Gasteiger partial charge in [0.1, 0.15) is 11.9 Å². The number of hydrogen-bond donors (Lipinski definition) is 1. The summed E-state index contributed by atoms with van der Waals surface area (Å²) in [5.74, 6) is -1.75. The number of carbonyl (C=O) groups is 2. The molecular weight excluding hydrogens is 198 g/mol. The van der Waals surface area contributed by atoms with Gasteiger partial charge in [-0.25, -0.2) is 0 Å². The number of rotatable bonds is 3. The van der Waals surface area contributed by atoms with Gasteiger partial charge in [0, 0.05) is 0 Å². The van der Waals surface area contributed by atoms with Crippen LogP contribution in [0.25, 0.3) is 10.9 Å². The normalized spacial score (nSPS) is 10.4. The van der Waals surface area contributed by atoms with Gasteiger partial charge in [-0.05, 0) is 12.1 Å². The van der Waals surface area contributed by atoms with Crippen LogP contribution in [0.5, 0.6) is 0 Å². The minimum Gasteiger partial charge on any atom is -0.481 e. The van der Waals surface area contributed by atoms with Crippen molar-refractivity contribution >= 4 is 22.7 Å². The highest BCUT2D eigenvalue weighted by molar-refractivity contribution is 6.10. The first-order chi connectivity index (χ1) is 7.18. The zero-order valence-corrected chi connectivity index (χ0v) is 7.64. The van der Waals surface area contributed by atoms with Crippen LogP contribution in [0.15, 0.2) is 28.8 Å². The number of carboxylic acid groups (broad SMARTS) is 1. The van der Waals surface area contributed by atoms with Crippen molar-refractivity contribution in [3.8, 4) is 0 Å². The highest BCUT2D eigenvalue weighted by Crippen LogP contribution is 2.18. The van der Waals surface area contributed by atoms with Gasteiger partial charge in [0.05, 0.1) is 5.39 Å². The van der Waals surface area contributed by atoms with Crippen molar-refractivity contribution in [2.45, 2.75) is 6.42 Å². The number of Topliss-reactive ketones (excluding diaryl/α,β-unsaturated/α-hetero) is 1. The van der Waals surface area contributed by atoms with Crippen LogP contribution < -0.4 is 0 Å². The topological polar surface area (TPSA) is 80.4 Å². The number of nitrogens with zero attached hydrogens (tertiary/aromatic N) is 1. The summed E-state index contributed by atoms with van der Waals surface area (Å²) < 4.78 is 4.81. The van der Waals surface area contributed by atoms with Gasteiger partial charge >= 0.3 is 5.97 Å². The van der Waals surface area contributed by atoms with Crippen LogP contribution >= 0.6 is 0 Å². The van der Waals surface area contributed by atoms with Gasteiger partial charge < -0.3 is 9.63 Å². The standard InChI is InChI=1S/C10H7NO4/c12-8(5-9(13)14)10-6-3-1-2-4-7(6)11-15-10/h1-4H,5H2,(H,13,14). The van der Waals surface area contributed by atoms with Gasteiger partial charge in [-0.3, -0.25) is 9.59 Å². The van der Waals surface area contributed by atoms with E-state index in [9.17, 15) is 9.59 Å². The number of aromatic nitrogens is 1. The van der Waals surface area contributed by atoms with E-state index in [1.165, 1.54) is 0 Å². The van der Waals surface area contributed by atoms with E-state index in [0.29, 0.717) is 10.9 Å². The monoisotopic (exact) mass is 205 g/mol. The Hall–Kier alpha value is -2.17. The number of benzene rings is 1. The Balaban J connectivity index is 2.44. The summed E-state index contributed by atoms with van der Waals surface area (Å²) in [6.45, 7) is 0. The van der Waals surface area contributed by atoms with E-state index in [1.807, 2.05) is 0 Å². The number of carboxylic acids is 1. The third-order valence-electron chi connectivity index (χ3n) is 1.95. The third-order valence-corrected chi connectivity index (χ3v) is 1.95. The smallest absolute Gasteiger partial charge is 0.311 e. The average Bonchev–Trinajstić information content (AvgIpc) is 2.59. The molecule has 0 aliphatic rings. The predicted octanol–water partition coefficient (Wildman–Crippen LogP) is 1.49. The van der Waals surface area contributed by atoms with Crippen molar-refractivity contribution in [2.24, 2.45) is 0 Å². The van der Waals surface area contributed by atoms with Crippen molar-refractivity contribution in [2.75, 3.05) is 0 Å². The molecule has 0 radical (unpaired) electrons. The highest BCUT2D eigenvalue weighted by Gasteiger charge is 2.18. The molecule has 2 rings (SSSR count). The zero-order valence-electron chi connectivity index (χ0n) is 7.64. The quantitative estimate of drug-likeness (QED) is 0.606. The van der Waals surface area contributed by atoms with Crippen molar-refractivity contribution < 1.29 is 19.2 Å². The lowest BCUT2D eigenvalue weighted by Gasteiger charge is -1.91. The first kappa shape index (κ1) is 9.39. The van der Waals surface area contributed by atoms with E-state index in [1.54, 1.807) is 24.3 Å². The summed E-state index contributed by atoms with van der Waals surface area (Å²) in [5.41, 5.74) is 0.547. The molecule has 0 saturated heterocycles. The fourth-order valence-corrected chi connectivity index (χ4v) is 1.31. The molecule has 1 N–H and O–H groups in total. The molecule has 1 aromatic carbocycles. The molecule has 0 unspecified atom stereocenters. The lowest BCUT2D eigenvalue weighted by atomic mass is 10.1. The molecule has 0 saturated carbocycles. The molecule has 0 amide bonds. The fraction of sp³-hybridized carbons (Fsp3) is 0.100. The van der Waals surface area contributed by atoms with Crippen molar-refractivity contribution in [3.05, 3.63) is 30.0 Å². The molecular formula is C10H7NO4. The molecule has 0 fully saturated rings. The van der Waals surface area contributed by atoms with Crippen LogP contribution in [0.2, 0.25) is 0 Å². The van der Waals surface area contributed by atoms with Crippen LogP contribution in [0.3, 0.4) is 0 Å². The number of hydrogen-bond acceptors (Lipinski definition) is 4. The number of ketones is 1. The minimum atomic E-state index is -1.18. The molecule has 5 heteroatoms. The van der Waals surface area contributed by atoms with Gasteiger partial charge in [0.15, 0.2) is 0 Å². The Bertz CT molecular complexity index is 529. The molecule has 1 heterocycles. The Morgan fingerprint density at radius 3 is 2.80 bits per heavy atom. The zero-order chi connectivity index (χ0) is 10.8. The van der Waals surface area contributed by atoms with Crippen LogP contribution in [-0.4, -0.2) is 22.0 Å². The SMILES string of the molecule is O=C(O)CC(=O)c1onc2ccccc12. The van der Waals surface area contributed by atoms with Crippen LogP contribution in [-0.2, 0) is 4.79 Å². The molecule has 5 nitrogen and oxygen atoms in total. The Kier molecular flexibility index (Phi) is 2.21. The van der Waals surface area contributed by atoms with Gasteiger partial charge in [-0.15, -0.1) is 0 Å². The Morgan fingerprint density at radius 2 is 2.07 bits per heavy atom. The number of fused-ring (bicyclic) bond motifs is 1. The fourth-order valence-electron chi connectivity index (χ4n) is 1.31. The maximum absolute atomic E-state index is 11.4. The van der Waals surface area contributed by atoms with E-state index in [0.717, 1.165) is 0 Å². The predicted molar refractivity (Wildman–Crippen MR) is 50.6 cm³/mol. The summed E-state index contributed by atoms with van der Waals surface area (Å²) in [7, 11) is 0. The summed E-state index contributed by atoms with van der Waals surface area (Å²) in [4.78, 5) is 21.8. The van der Waals surface area contributed by atoms with E-state index in [4.69, 9.17) is 9.63 Å². The molecule has 2 aromatic rings. The molecule has 0 spiro atoms. The molecule has 0 aliphatic heterocycles. The molecule has 0 atom stereocenters. The molecule has 0 aliphatic carbocycles. The molecule has 15 heavy (non-hydrogen) atoms. The largest absolute Gasteiger partial charge is 0.481 e. The van der Waals surface area contributed by atoms with Crippen LogP contribution in [0.4, 0.5) is 0 Å². The van der Waals surface area contributed by atoms with Crippen molar-refractivity contribution in [1.29, 1.82) is 0 Å². The van der Waals surface area contributed by atoms with E-state index in [2.05, 4.69) is 5.16 Å². The van der Waals surface area contributed by atoms with E-state index >= 15 is 0 Å². The van der Waals surface area contributed by atoms with Gasteiger partial charge in [0.25, 0.3) is 0 Å². The first-order valence-corrected chi connectivity index (χ1v) is 4.28. The summed E-state index contributed by atoms with van der Waals surface area (Å²) in [6.07, 6.45) is -0.584. The maximum Gasteiger partial charge on any atom is 0.311 e. The summed E-state index contributed by atoms with van der Waals surface area (Å²) >= 11 is 0. The summed E-state index contributed by atoms with van der Waals surface area (Å²) in [6, 6.07) is 6.85. The number of aliphatic carboxylic acids is 1. The Morgan fingerprint density at radius 1 is 1.33 bits per heavy atom. The average molecular weight is 205 g/mol. The minimum absolute atomic E-state index is 0.00741. The second-order valence-corrected chi connectivity index (χ2v) is 3.02. The number of carbonyl (C=O) groups excluding carboxylic acids is 1. The molecule has 76 valence electrons. The van der Waals surface area contributed by atoms with Crippen molar-refractivity contribution in [3.63, 3.8) is 0 Å². The molecule has 0 bridgehead atoms. The van der Waals surface area contributed by atoms with Crippen LogP contribution in [0, 0.1) is 0 Å². The summed E-state index contributed by atoms with van der Waals surface area (Å²) in [5, 5.41) is 12.7. The van der Waals surface area contributed by atoms with Gasteiger partial charge in [0.2, 0.25) is 11.5 Å². The van der Waals surface area contributed by atoms with Crippen LogP contribution in [0.1, 0.15) is 17.0 Å². The lowest BCUT2D eigenvalue weighted by Crippen LogP contribution is -2.06. The second kappa shape index (κ2) is 3.53. The van der Waals surface area contributed by atoms with Gasteiger partial charge in [-0.1, -0.05) is 17.3 Å². The highest BCUT2D eigenvalue weighted by atomic mass is 16.5. The Labute approximate surface area is 84.3 Å². The van der Waals surface area contributed by atoms with Gasteiger partial charge in [-0.2, -0.15) is 0 Å². The second-order valence-electron chi connectivity index (χ2n) is 3.02. The first-order valence-electron chi connectivity index (χ1n) is 4.28. The molecule has 1 aromatic heterocycles. The lowest BCUT2D eigenvalue weighted by molar-refractivity contribution is -0.135. The third kappa shape index (κ3) is 1.71. The van der Waals surface area contributed by atoms with Crippen molar-refractivity contribution in [1.82, 2.24) is 5.16 Å².